The third-order valence-electron chi connectivity index (χ3n) is 1.93. The molecule has 1 atom stereocenters. The third-order valence-corrected chi connectivity index (χ3v) is 5.89. The first kappa shape index (κ1) is 16.6. The highest BCUT2D eigenvalue weighted by atomic mass is 79.9. The number of hydrogen-bond acceptors (Lipinski definition) is 1. The molecule has 0 saturated carbocycles. The summed E-state index contributed by atoms with van der Waals surface area (Å²) < 4.78 is 75.4. The van der Waals surface area contributed by atoms with Gasteiger partial charge in [-0.3, -0.25) is 0 Å². The van der Waals surface area contributed by atoms with Crippen LogP contribution in [0.2, 0.25) is 0 Å². The van der Waals surface area contributed by atoms with Gasteiger partial charge in [0.05, 0.1) is 9.16 Å². The summed E-state index contributed by atoms with van der Waals surface area (Å²) >= 11 is 12.0. The third kappa shape index (κ3) is 3.77. The monoisotopic (exact) mass is 438 g/mol. The van der Waals surface area contributed by atoms with Crippen molar-refractivity contribution in [3.8, 4) is 0 Å². The Hall–Kier alpha value is 0.530. The van der Waals surface area contributed by atoms with Gasteiger partial charge in [0.1, 0.15) is 0 Å². The van der Waals surface area contributed by atoms with Crippen LogP contribution in [-0.2, 0) is 0 Å². The van der Waals surface area contributed by atoms with Gasteiger partial charge in [-0.05, 0) is 37.9 Å². The van der Waals surface area contributed by atoms with Gasteiger partial charge in [-0.25, -0.2) is 0 Å². The average molecular weight is 440 g/mol. The molecule has 10 heteroatoms. The highest BCUT2D eigenvalue weighted by Gasteiger charge is 2.60. The molecule has 1 rings (SSSR count). The molecule has 0 aromatic carbocycles. The molecule has 0 aliphatic heterocycles. The van der Waals surface area contributed by atoms with E-state index in [4.69, 9.17) is 11.6 Å². The standard InChI is InChI=1S/C8H3Br2ClF6S/c9-2-1-3(18-6(2)10)4(11)5(7(12,13)14)8(15,16)17/h1,4-5H. The average Bonchev–Trinajstić information content (AvgIpc) is 2.41. The minimum Gasteiger partial charge on any atom is -0.170 e. The topological polar surface area (TPSA) is 0 Å². The van der Waals surface area contributed by atoms with Crippen molar-refractivity contribution in [1.29, 1.82) is 0 Å². The fraction of sp³-hybridized carbons (Fsp3) is 0.500. The first-order chi connectivity index (χ1) is 7.94. The summed E-state index contributed by atoms with van der Waals surface area (Å²) in [6.45, 7) is 0. The van der Waals surface area contributed by atoms with Crippen molar-refractivity contribution in [2.45, 2.75) is 17.7 Å². The molecule has 0 N–H and O–H groups in total. The first-order valence-electron chi connectivity index (χ1n) is 4.17. The Balaban J connectivity index is 3.15. The molecule has 0 amide bonds. The molecule has 0 aliphatic carbocycles. The second kappa shape index (κ2) is 5.49. The van der Waals surface area contributed by atoms with Crippen molar-refractivity contribution >= 4 is 54.8 Å². The molecule has 0 radical (unpaired) electrons. The molecule has 0 nitrogen and oxygen atoms in total. The van der Waals surface area contributed by atoms with Gasteiger partial charge in [0.15, 0.2) is 5.92 Å². The van der Waals surface area contributed by atoms with Gasteiger partial charge in [0, 0.05) is 9.35 Å². The highest BCUT2D eigenvalue weighted by Crippen LogP contribution is 2.51. The van der Waals surface area contributed by atoms with Crippen LogP contribution in [0.5, 0.6) is 0 Å². The van der Waals surface area contributed by atoms with Gasteiger partial charge in [-0.2, -0.15) is 26.3 Å². The predicted octanol–water partition coefficient (Wildman–Crippen LogP) is 6.29. The Kier molecular flexibility index (Phi) is 5.06. The number of halogens is 9. The highest BCUT2D eigenvalue weighted by molar-refractivity contribution is 9.13. The Bertz CT molecular complexity index is 393. The summed E-state index contributed by atoms with van der Waals surface area (Å²) in [4.78, 5) is -0.213. The zero-order valence-corrected chi connectivity index (χ0v) is 12.8. The summed E-state index contributed by atoms with van der Waals surface area (Å²) in [7, 11) is 0. The van der Waals surface area contributed by atoms with Crippen LogP contribution in [0.1, 0.15) is 10.3 Å². The van der Waals surface area contributed by atoms with Crippen molar-refractivity contribution in [3.63, 3.8) is 0 Å². The van der Waals surface area contributed by atoms with E-state index in [-0.39, 0.29) is 4.88 Å². The van der Waals surface area contributed by atoms with E-state index in [2.05, 4.69) is 31.9 Å². The van der Waals surface area contributed by atoms with Crippen LogP contribution in [-0.4, -0.2) is 12.4 Å². The molecule has 1 aromatic heterocycles. The van der Waals surface area contributed by atoms with Gasteiger partial charge in [-0.15, -0.1) is 22.9 Å². The molecule has 1 unspecified atom stereocenters. The maximum absolute atomic E-state index is 12.4. The van der Waals surface area contributed by atoms with Crippen molar-refractivity contribution < 1.29 is 26.3 Å². The van der Waals surface area contributed by atoms with E-state index >= 15 is 0 Å². The number of hydrogen-bond donors (Lipinski definition) is 0. The minimum absolute atomic E-state index is 0.213. The van der Waals surface area contributed by atoms with E-state index in [1.54, 1.807) is 0 Å². The fourth-order valence-corrected chi connectivity index (χ4v) is 3.77. The van der Waals surface area contributed by atoms with Crippen LogP contribution in [0.15, 0.2) is 14.3 Å². The summed E-state index contributed by atoms with van der Waals surface area (Å²) in [5.74, 6) is -3.59. The largest absolute Gasteiger partial charge is 0.402 e. The molecule has 104 valence electrons. The van der Waals surface area contributed by atoms with Gasteiger partial charge < -0.3 is 0 Å². The normalized spacial score (nSPS) is 15.2. The van der Waals surface area contributed by atoms with Crippen molar-refractivity contribution in [2.75, 3.05) is 0 Å². The molecule has 0 bridgehead atoms. The molecule has 0 aliphatic rings. The lowest BCUT2D eigenvalue weighted by Gasteiger charge is -2.26. The molecule has 0 saturated heterocycles. The summed E-state index contributed by atoms with van der Waals surface area (Å²) in [5, 5.41) is -2.21. The molecule has 0 fully saturated rings. The Morgan fingerprint density at radius 2 is 1.50 bits per heavy atom. The van der Waals surface area contributed by atoms with Crippen LogP contribution < -0.4 is 0 Å². The van der Waals surface area contributed by atoms with Crippen molar-refractivity contribution in [2.24, 2.45) is 5.92 Å². The van der Waals surface area contributed by atoms with Crippen LogP contribution in [0, 0.1) is 5.92 Å². The number of thiophene rings is 1. The second-order valence-electron chi connectivity index (χ2n) is 3.23. The van der Waals surface area contributed by atoms with E-state index in [1.807, 2.05) is 0 Å². The van der Waals surface area contributed by atoms with Gasteiger partial charge >= 0.3 is 12.4 Å². The number of alkyl halides is 7. The van der Waals surface area contributed by atoms with Gasteiger partial charge in [-0.1, -0.05) is 0 Å². The van der Waals surface area contributed by atoms with Gasteiger partial charge in [0.2, 0.25) is 0 Å². The quantitative estimate of drug-likeness (QED) is 0.374. The smallest absolute Gasteiger partial charge is 0.170 e. The molecule has 0 spiro atoms. The van der Waals surface area contributed by atoms with E-state index in [9.17, 15) is 26.3 Å². The van der Waals surface area contributed by atoms with Crippen LogP contribution >= 0.6 is 54.8 Å². The molecular formula is C8H3Br2ClF6S. The van der Waals surface area contributed by atoms with Crippen LogP contribution in [0.4, 0.5) is 26.3 Å². The molecule has 1 heterocycles. The van der Waals surface area contributed by atoms with Crippen molar-refractivity contribution in [3.05, 3.63) is 19.2 Å². The van der Waals surface area contributed by atoms with Crippen LogP contribution in [0.3, 0.4) is 0 Å². The van der Waals surface area contributed by atoms with E-state index in [0.29, 0.717) is 8.26 Å². The lowest BCUT2D eigenvalue weighted by molar-refractivity contribution is -0.284. The Morgan fingerprint density at radius 1 is 1.06 bits per heavy atom. The maximum Gasteiger partial charge on any atom is 0.402 e. The molecular weight excluding hydrogens is 437 g/mol. The summed E-state index contributed by atoms with van der Waals surface area (Å²) in [6, 6.07) is 1.14. The van der Waals surface area contributed by atoms with E-state index in [1.165, 1.54) is 0 Å². The van der Waals surface area contributed by atoms with Crippen molar-refractivity contribution in [1.82, 2.24) is 0 Å². The zero-order valence-electron chi connectivity index (χ0n) is 8.04. The van der Waals surface area contributed by atoms with Gasteiger partial charge in [0.25, 0.3) is 0 Å². The SMILES string of the molecule is FC(F)(F)C(C(Cl)c1cc(Br)c(Br)s1)C(F)(F)F. The van der Waals surface area contributed by atoms with E-state index < -0.39 is 23.6 Å². The predicted molar refractivity (Wildman–Crippen MR) is 63.9 cm³/mol. The Morgan fingerprint density at radius 3 is 1.78 bits per heavy atom. The fourth-order valence-electron chi connectivity index (χ4n) is 1.18. The lowest BCUT2D eigenvalue weighted by atomic mass is 10.0. The minimum atomic E-state index is -5.45. The summed E-state index contributed by atoms with van der Waals surface area (Å²) in [5.41, 5.74) is 0. The molecule has 1 aromatic rings. The lowest BCUT2D eigenvalue weighted by Crippen LogP contribution is -2.39. The molecule has 18 heavy (non-hydrogen) atoms. The van der Waals surface area contributed by atoms with E-state index in [0.717, 1.165) is 17.4 Å². The Labute approximate surface area is 124 Å². The second-order valence-corrected chi connectivity index (χ2v) is 6.96. The maximum atomic E-state index is 12.4. The summed E-state index contributed by atoms with van der Waals surface area (Å²) in [6.07, 6.45) is -10.9. The van der Waals surface area contributed by atoms with Crippen LogP contribution in [0.25, 0.3) is 0 Å². The zero-order chi connectivity index (χ0) is 14.3. The number of rotatable bonds is 2. The first-order valence-corrected chi connectivity index (χ1v) is 7.00.